The molecule has 7 heteroatoms. The predicted molar refractivity (Wildman–Crippen MR) is 153 cm³/mol. The molecule has 1 spiro atoms. The van der Waals surface area contributed by atoms with E-state index in [4.69, 9.17) is 9.72 Å². The first kappa shape index (κ1) is 26.7. The molecule has 0 N–H and O–H groups in total. The van der Waals surface area contributed by atoms with Crippen LogP contribution in [0.15, 0.2) is 48.5 Å². The lowest BCUT2D eigenvalue weighted by Gasteiger charge is -2.44. The van der Waals surface area contributed by atoms with E-state index in [1.807, 2.05) is 60.2 Å². The summed E-state index contributed by atoms with van der Waals surface area (Å²) in [5.41, 5.74) is 2.28. The van der Waals surface area contributed by atoms with Crippen molar-refractivity contribution in [3.63, 3.8) is 0 Å². The minimum absolute atomic E-state index is 0.0214. The average molecular weight is 534 g/mol. The Kier molecular flexibility index (Phi) is 8.32. The van der Waals surface area contributed by atoms with Gasteiger partial charge in [0.1, 0.15) is 5.75 Å². The van der Waals surface area contributed by atoms with Crippen molar-refractivity contribution in [3.05, 3.63) is 59.1 Å². The van der Waals surface area contributed by atoms with Gasteiger partial charge in [-0.1, -0.05) is 36.8 Å². The molecular weight excluding hydrogens is 494 g/mol. The van der Waals surface area contributed by atoms with Crippen LogP contribution in [0, 0.1) is 5.41 Å². The summed E-state index contributed by atoms with van der Waals surface area (Å²) in [5.74, 6) is 1.09. The Morgan fingerprint density at radius 1 is 1.08 bits per heavy atom. The van der Waals surface area contributed by atoms with E-state index in [1.54, 1.807) is 11.3 Å². The molecule has 2 aliphatic heterocycles. The normalized spacial score (nSPS) is 20.5. The molecule has 0 aliphatic carbocycles. The summed E-state index contributed by atoms with van der Waals surface area (Å²) >= 11 is 1.73. The van der Waals surface area contributed by atoms with Gasteiger partial charge in [0.2, 0.25) is 5.91 Å². The van der Waals surface area contributed by atoms with Crippen LogP contribution in [0.2, 0.25) is 0 Å². The molecule has 6 nitrogen and oxygen atoms in total. The second kappa shape index (κ2) is 11.9. The number of nitrogens with zero attached hydrogens (tertiary/aromatic N) is 3. The quantitative estimate of drug-likeness (QED) is 0.420. The number of hydrogen-bond acceptors (Lipinski definition) is 5. The van der Waals surface area contributed by atoms with Crippen LogP contribution in [0.1, 0.15) is 62.4 Å². The number of likely N-dealkylation sites (N-methyl/N-ethyl adjacent to an activating group) is 1. The van der Waals surface area contributed by atoms with Crippen LogP contribution in [0.3, 0.4) is 0 Å². The third-order valence-electron chi connectivity index (χ3n) is 8.27. The number of fused-ring (bicyclic) bond motifs is 2. The zero-order valence-corrected chi connectivity index (χ0v) is 23.5. The van der Waals surface area contributed by atoms with Crippen LogP contribution < -0.4 is 4.74 Å². The third kappa shape index (κ3) is 6.20. The summed E-state index contributed by atoms with van der Waals surface area (Å²) in [6.07, 6.45) is 7.87. The first-order valence-corrected chi connectivity index (χ1v) is 14.9. The fraction of sp³-hybridized carbons (Fsp3) is 0.516. The molecule has 1 saturated heterocycles. The van der Waals surface area contributed by atoms with Crippen molar-refractivity contribution in [2.45, 2.75) is 70.8 Å². The molecule has 0 bridgehead atoms. The first-order valence-electron chi connectivity index (χ1n) is 14.0. The number of ether oxygens (including phenoxy) is 1. The van der Waals surface area contributed by atoms with Gasteiger partial charge in [0.05, 0.1) is 15.2 Å². The number of hydrogen-bond donors (Lipinski definition) is 0. The van der Waals surface area contributed by atoms with Crippen LogP contribution in [0.25, 0.3) is 10.2 Å². The van der Waals surface area contributed by atoms with E-state index in [1.165, 1.54) is 10.3 Å². The minimum atomic E-state index is -0.519. The van der Waals surface area contributed by atoms with Gasteiger partial charge < -0.3 is 14.5 Å². The van der Waals surface area contributed by atoms with Gasteiger partial charge in [0, 0.05) is 33.1 Å². The molecule has 1 fully saturated rings. The first-order chi connectivity index (χ1) is 18.4. The number of piperidine rings is 1. The van der Waals surface area contributed by atoms with Gasteiger partial charge in [0.25, 0.3) is 5.91 Å². The van der Waals surface area contributed by atoms with Crippen LogP contribution in [-0.4, -0.2) is 59.4 Å². The number of benzene rings is 2. The van der Waals surface area contributed by atoms with E-state index < -0.39 is 6.10 Å². The van der Waals surface area contributed by atoms with Crippen molar-refractivity contribution < 1.29 is 14.3 Å². The zero-order valence-electron chi connectivity index (χ0n) is 22.7. The van der Waals surface area contributed by atoms with Crippen LogP contribution in [-0.2, 0) is 22.4 Å². The molecule has 202 valence electrons. The highest BCUT2D eigenvalue weighted by Crippen LogP contribution is 2.38. The lowest BCUT2D eigenvalue weighted by atomic mass is 9.73. The molecule has 0 unspecified atom stereocenters. The van der Waals surface area contributed by atoms with Crippen LogP contribution in [0.5, 0.6) is 5.75 Å². The third-order valence-corrected chi connectivity index (χ3v) is 9.37. The lowest BCUT2D eigenvalue weighted by Crippen LogP contribution is -2.50. The Balaban J connectivity index is 1.16. The van der Waals surface area contributed by atoms with Crippen molar-refractivity contribution >= 4 is 33.4 Å². The molecule has 0 saturated carbocycles. The van der Waals surface area contributed by atoms with Crippen molar-refractivity contribution in [1.29, 1.82) is 0 Å². The van der Waals surface area contributed by atoms with E-state index in [0.717, 1.165) is 87.3 Å². The highest BCUT2D eigenvalue weighted by molar-refractivity contribution is 7.18. The highest BCUT2D eigenvalue weighted by atomic mass is 32.1. The molecule has 2 aliphatic rings. The van der Waals surface area contributed by atoms with Gasteiger partial charge in [-0.25, -0.2) is 4.98 Å². The fourth-order valence-electron chi connectivity index (χ4n) is 6.07. The minimum Gasteiger partial charge on any atom is -0.481 e. The van der Waals surface area contributed by atoms with E-state index in [9.17, 15) is 9.59 Å². The van der Waals surface area contributed by atoms with E-state index >= 15 is 0 Å². The fourth-order valence-corrected chi connectivity index (χ4v) is 7.08. The summed E-state index contributed by atoms with van der Waals surface area (Å²) in [5, 5.41) is 1.11. The monoisotopic (exact) mass is 533 g/mol. The Morgan fingerprint density at radius 3 is 2.66 bits per heavy atom. The second-order valence-corrected chi connectivity index (χ2v) is 12.2. The van der Waals surface area contributed by atoms with E-state index in [0.29, 0.717) is 6.42 Å². The van der Waals surface area contributed by atoms with E-state index in [2.05, 4.69) is 12.1 Å². The predicted octanol–water partition coefficient (Wildman–Crippen LogP) is 5.88. The summed E-state index contributed by atoms with van der Waals surface area (Å²) in [6, 6.07) is 16.3. The molecular formula is C31H39N3O3S. The number of likely N-dealkylation sites (tertiary alicyclic amines) is 1. The lowest BCUT2D eigenvalue weighted by molar-refractivity contribution is -0.140. The summed E-state index contributed by atoms with van der Waals surface area (Å²) in [4.78, 5) is 34.9. The summed E-state index contributed by atoms with van der Waals surface area (Å²) in [7, 11) is 1.90. The largest absolute Gasteiger partial charge is 0.481 e. The Morgan fingerprint density at radius 2 is 1.84 bits per heavy atom. The van der Waals surface area contributed by atoms with Crippen molar-refractivity contribution in [1.82, 2.24) is 14.8 Å². The van der Waals surface area contributed by atoms with Gasteiger partial charge in [0.15, 0.2) is 6.10 Å². The van der Waals surface area contributed by atoms with Gasteiger partial charge in [-0.05, 0) is 81.0 Å². The van der Waals surface area contributed by atoms with Gasteiger partial charge in [-0.15, -0.1) is 11.3 Å². The van der Waals surface area contributed by atoms with Gasteiger partial charge in [-0.2, -0.15) is 0 Å². The highest BCUT2D eigenvalue weighted by Gasteiger charge is 2.38. The standard InChI is InChI=1S/C31H39N3O3S/c1-23-30(36)33(2)22-31(17-8-7-11-24-10-3-5-13-26(24)37-23)18-20-34(21-19-31)29(35)16-9-15-28-32-25-12-4-6-14-27(25)38-28/h3-6,10,12-14,23H,7-9,11,15-22H2,1-2H3/t23-/m1/s1. The molecule has 2 amide bonds. The molecule has 5 rings (SSSR count). The maximum absolute atomic E-state index is 13.2. The Labute approximate surface area is 230 Å². The Bertz CT molecular complexity index is 1230. The second-order valence-electron chi connectivity index (χ2n) is 11.1. The zero-order chi connectivity index (χ0) is 26.5. The molecule has 3 heterocycles. The molecule has 1 aromatic heterocycles. The SMILES string of the molecule is C[C@H]1Oc2ccccc2CCCCC2(CCN(C(=O)CCCc3nc4ccccc4s3)CC2)CN(C)C1=O. The topological polar surface area (TPSA) is 62.7 Å². The van der Waals surface area contributed by atoms with Crippen LogP contribution in [0.4, 0.5) is 0 Å². The van der Waals surface area contributed by atoms with Gasteiger partial charge in [-0.3, -0.25) is 9.59 Å². The van der Waals surface area contributed by atoms with Gasteiger partial charge >= 0.3 is 0 Å². The number of carbonyl (C=O) groups is 2. The van der Waals surface area contributed by atoms with Crippen molar-refractivity contribution in [2.24, 2.45) is 5.41 Å². The molecule has 38 heavy (non-hydrogen) atoms. The maximum atomic E-state index is 13.2. The summed E-state index contributed by atoms with van der Waals surface area (Å²) in [6.45, 7) is 4.12. The number of thiazole rings is 1. The molecule has 2 aromatic carbocycles. The number of aryl methyl sites for hydroxylation is 2. The number of amides is 2. The van der Waals surface area contributed by atoms with Crippen molar-refractivity contribution in [2.75, 3.05) is 26.7 Å². The maximum Gasteiger partial charge on any atom is 0.263 e. The number of aromatic nitrogens is 1. The van der Waals surface area contributed by atoms with Crippen molar-refractivity contribution in [3.8, 4) is 5.75 Å². The smallest absolute Gasteiger partial charge is 0.263 e. The molecule has 3 aromatic rings. The Hall–Kier alpha value is -2.93. The van der Waals surface area contributed by atoms with E-state index in [-0.39, 0.29) is 17.2 Å². The number of para-hydroxylation sites is 2. The number of carbonyl (C=O) groups excluding carboxylic acids is 2. The molecule has 0 radical (unpaired) electrons. The average Bonchev–Trinajstić information content (AvgIpc) is 3.34. The number of rotatable bonds is 4. The summed E-state index contributed by atoms with van der Waals surface area (Å²) < 4.78 is 7.32. The van der Waals surface area contributed by atoms with Crippen LogP contribution >= 0.6 is 11.3 Å². The molecule has 1 atom stereocenters.